The largest absolute Gasteiger partial charge is 0.483 e. The first-order chi connectivity index (χ1) is 21.4. The normalized spacial score (nSPS) is 21.5. The van der Waals surface area contributed by atoms with E-state index in [0.29, 0.717) is 18.4 Å². The summed E-state index contributed by atoms with van der Waals surface area (Å²) in [6.45, 7) is 9.07. The van der Waals surface area contributed by atoms with Crippen molar-refractivity contribution in [2.24, 2.45) is 11.8 Å². The number of likely N-dealkylation sites (tertiary alicyclic amines) is 2. The molecular formula is C38H57N3O3. The van der Waals surface area contributed by atoms with Gasteiger partial charge in [-0.1, -0.05) is 79.4 Å². The van der Waals surface area contributed by atoms with Gasteiger partial charge in [0, 0.05) is 32.1 Å². The highest BCUT2D eigenvalue weighted by atomic mass is 16.3. The van der Waals surface area contributed by atoms with Gasteiger partial charge in [0.05, 0.1) is 0 Å². The van der Waals surface area contributed by atoms with Crippen LogP contribution in [0.3, 0.4) is 0 Å². The Morgan fingerprint density at radius 3 is 2.16 bits per heavy atom. The van der Waals surface area contributed by atoms with Gasteiger partial charge in [0.15, 0.2) is 0 Å². The predicted octanol–water partition coefficient (Wildman–Crippen LogP) is 7.02. The number of carboxylic acid groups (broad SMARTS) is 1. The summed E-state index contributed by atoms with van der Waals surface area (Å²) in [5.74, 6) is 2.92. The minimum Gasteiger partial charge on any atom is -0.483 e. The lowest BCUT2D eigenvalue weighted by molar-refractivity contribution is -0.134. The maximum absolute atomic E-state index is 12.8. The molecule has 2 heterocycles. The lowest BCUT2D eigenvalue weighted by Gasteiger charge is -2.37. The van der Waals surface area contributed by atoms with Crippen molar-refractivity contribution in [3.8, 4) is 0 Å². The van der Waals surface area contributed by atoms with Gasteiger partial charge in [-0.2, -0.15) is 0 Å². The van der Waals surface area contributed by atoms with Gasteiger partial charge < -0.3 is 19.8 Å². The second kappa shape index (κ2) is 18.3. The Kier molecular flexibility index (Phi) is 14.2. The van der Waals surface area contributed by atoms with Crippen LogP contribution in [-0.2, 0) is 16.0 Å². The quantitative estimate of drug-likeness (QED) is 0.312. The van der Waals surface area contributed by atoms with Crippen LogP contribution in [0.5, 0.6) is 0 Å². The van der Waals surface area contributed by atoms with E-state index in [1.54, 1.807) is 5.56 Å². The Bertz CT molecular complexity index is 1090. The molecule has 0 unspecified atom stereocenters. The predicted molar refractivity (Wildman–Crippen MR) is 180 cm³/mol. The molecular weight excluding hydrogens is 546 g/mol. The molecule has 4 fully saturated rings. The molecule has 6 nitrogen and oxygen atoms in total. The Balaban J connectivity index is 0.000000189. The number of amides is 1. The van der Waals surface area contributed by atoms with Crippen molar-refractivity contribution in [3.63, 3.8) is 0 Å². The van der Waals surface area contributed by atoms with Gasteiger partial charge >= 0.3 is 0 Å². The monoisotopic (exact) mass is 603 g/mol. The zero-order valence-corrected chi connectivity index (χ0v) is 27.4. The molecule has 2 aliphatic carbocycles. The van der Waals surface area contributed by atoms with E-state index in [1.165, 1.54) is 82.1 Å². The molecule has 1 amide bonds. The minimum absolute atomic E-state index is 0.250. The van der Waals surface area contributed by atoms with E-state index in [0.717, 1.165) is 56.7 Å². The number of rotatable bonds is 9. The smallest absolute Gasteiger partial charge is 0.290 e. The topological polar surface area (TPSA) is 64.1 Å². The number of hydrogen-bond donors (Lipinski definition) is 1. The van der Waals surface area contributed by atoms with Crippen LogP contribution >= 0.6 is 0 Å². The first-order valence-corrected chi connectivity index (χ1v) is 17.3. The number of benzene rings is 2. The maximum Gasteiger partial charge on any atom is 0.290 e. The summed E-state index contributed by atoms with van der Waals surface area (Å²) in [6.07, 6.45) is 15.2. The van der Waals surface area contributed by atoms with Crippen molar-refractivity contribution in [1.29, 1.82) is 0 Å². The highest BCUT2D eigenvalue weighted by Gasteiger charge is 2.32. The van der Waals surface area contributed by atoms with Crippen molar-refractivity contribution >= 4 is 12.4 Å². The van der Waals surface area contributed by atoms with E-state index in [4.69, 9.17) is 9.90 Å². The molecule has 1 atom stereocenters. The van der Waals surface area contributed by atoms with Gasteiger partial charge in [0.25, 0.3) is 6.47 Å². The highest BCUT2D eigenvalue weighted by Crippen LogP contribution is 2.32. The molecule has 2 aromatic rings. The third-order valence-electron chi connectivity index (χ3n) is 10.1. The summed E-state index contributed by atoms with van der Waals surface area (Å²) in [7, 11) is 2.18. The summed E-state index contributed by atoms with van der Waals surface area (Å²) in [5.41, 5.74) is 4.10. The summed E-state index contributed by atoms with van der Waals surface area (Å²) >= 11 is 0. The van der Waals surface area contributed by atoms with Crippen molar-refractivity contribution in [1.82, 2.24) is 14.7 Å². The fourth-order valence-electron chi connectivity index (χ4n) is 7.22. The molecule has 2 saturated carbocycles. The van der Waals surface area contributed by atoms with Crippen molar-refractivity contribution < 1.29 is 14.7 Å². The summed E-state index contributed by atoms with van der Waals surface area (Å²) in [5, 5.41) is 6.89. The van der Waals surface area contributed by atoms with Crippen molar-refractivity contribution in [2.45, 2.75) is 95.9 Å². The van der Waals surface area contributed by atoms with Crippen LogP contribution in [0.25, 0.3) is 0 Å². The number of hydrogen-bond acceptors (Lipinski definition) is 4. The lowest BCUT2D eigenvalue weighted by Crippen LogP contribution is -2.47. The fourth-order valence-corrected chi connectivity index (χ4v) is 7.22. The first-order valence-electron chi connectivity index (χ1n) is 17.3. The standard InChI is InChI=1S/C20H30N2O.C17H25N.CH2O2/c1-16-3-5-17(6-4-16)9-10-20(23)22(15-18-7-8-18)19-11-13-21(2)14-12-19;1-3-7-15(8-4-1)13-18-12-11-17(14-18)16-9-5-2-6-10-16;2-1-3/h3-6,18-19H,7-15H2,1-2H3;2,5-6,9-10,15,17H,1,3-4,7-8,11-14H2;1H,(H,2,3)/t;17-;/m.1./s1. The Morgan fingerprint density at radius 1 is 0.864 bits per heavy atom. The van der Waals surface area contributed by atoms with Crippen LogP contribution in [0, 0.1) is 18.8 Å². The van der Waals surface area contributed by atoms with E-state index >= 15 is 0 Å². The Morgan fingerprint density at radius 2 is 1.52 bits per heavy atom. The van der Waals surface area contributed by atoms with Crippen molar-refractivity contribution in [3.05, 3.63) is 71.3 Å². The van der Waals surface area contributed by atoms with Gasteiger partial charge in [-0.25, -0.2) is 0 Å². The van der Waals surface area contributed by atoms with E-state index in [-0.39, 0.29) is 6.47 Å². The third-order valence-corrected chi connectivity index (χ3v) is 10.1. The van der Waals surface area contributed by atoms with Crippen LogP contribution in [0.15, 0.2) is 54.6 Å². The molecule has 242 valence electrons. The van der Waals surface area contributed by atoms with E-state index < -0.39 is 0 Å². The zero-order valence-electron chi connectivity index (χ0n) is 27.4. The maximum atomic E-state index is 12.8. The molecule has 6 heteroatoms. The molecule has 0 aromatic heterocycles. The average molecular weight is 604 g/mol. The molecule has 0 bridgehead atoms. The van der Waals surface area contributed by atoms with Gasteiger partial charge in [-0.05, 0) is 114 Å². The first kappa shape index (κ1) is 34.2. The Labute approximate surface area is 266 Å². The van der Waals surface area contributed by atoms with Crippen LogP contribution in [0.2, 0.25) is 0 Å². The molecule has 0 spiro atoms. The molecule has 44 heavy (non-hydrogen) atoms. The molecule has 1 N–H and O–H groups in total. The van der Waals surface area contributed by atoms with Gasteiger partial charge in [0.2, 0.25) is 5.91 Å². The number of carbonyl (C=O) groups is 2. The molecule has 2 aliphatic heterocycles. The van der Waals surface area contributed by atoms with Crippen LogP contribution in [0.4, 0.5) is 0 Å². The third kappa shape index (κ3) is 11.7. The number of carbonyl (C=O) groups excluding carboxylic acids is 1. The van der Waals surface area contributed by atoms with Crippen LogP contribution < -0.4 is 0 Å². The number of aryl methyl sites for hydroxylation is 2. The second-order valence-corrected chi connectivity index (χ2v) is 13.8. The molecule has 2 saturated heterocycles. The highest BCUT2D eigenvalue weighted by molar-refractivity contribution is 5.77. The Hall–Kier alpha value is -2.70. The van der Waals surface area contributed by atoms with E-state index in [9.17, 15) is 4.79 Å². The minimum atomic E-state index is -0.250. The summed E-state index contributed by atoms with van der Waals surface area (Å²) in [6, 6.07) is 20.1. The van der Waals surface area contributed by atoms with Gasteiger partial charge in [-0.15, -0.1) is 0 Å². The molecule has 4 aliphatic rings. The zero-order chi connectivity index (χ0) is 31.1. The summed E-state index contributed by atoms with van der Waals surface area (Å²) in [4.78, 5) is 28.5. The van der Waals surface area contributed by atoms with Gasteiger partial charge in [-0.3, -0.25) is 9.59 Å². The lowest BCUT2D eigenvalue weighted by atomic mass is 9.89. The number of nitrogens with zero attached hydrogens (tertiary/aromatic N) is 3. The van der Waals surface area contributed by atoms with Crippen molar-refractivity contribution in [2.75, 3.05) is 46.3 Å². The summed E-state index contributed by atoms with van der Waals surface area (Å²) < 4.78 is 0. The van der Waals surface area contributed by atoms with Gasteiger partial charge in [0.1, 0.15) is 0 Å². The van der Waals surface area contributed by atoms with Crippen LogP contribution in [-0.4, -0.2) is 84.5 Å². The average Bonchev–Trinajstić information content (AvgIpc) is 3.76. The second-order valence-electron chi connectivity index (χ2n) is 13.8. The number of piperidine rings is 1. The molecule has 6 rings (SSSR count). The van der Waals surface area contributed by atoms with Crippen LogP contribution in [0.1, 0.15) is 93.2 Å². The fraction of sp³-hybridized carbons (Fsp3) is 0.632. The molecule has 2 aromatic carbocycles. The van der Waals surface area contributed by atoms with E-state index in [1.807, 2.05) is 0 Å². The molecule has 0 radical (unpaired) electrons. The van der Waals surface area contributed by atoms with E-state index in [2.05, 4.69) is 83.3 Å². The SMILES string of the molecule is Cc1ccc(CCC(=O)N(CC2CC2)C2CCN(C)CC2)cc1.O=CO.c1ccc([C@@H]2CCN(CC3CCCCC3)C2)cc1.